The van der Waals surface area contributed by atoms with E-state index in [-0.39, 0.29) is 43.4 Å². The number of hydrogen-bond acceptors (Lipinski definition) is 12. The lowest BCUT2D eigenvalue weighted by atomic mass is 9.96. The Kier molecular flexibility index (Phi) is 27.1. The van der Waals surface area contributed by atoms with Gasteiger partial charge in [0, 0.05) is 12.8 Å². The molecule has 0 unspecified atom stereocenters. The van der Waals surface area contributed by atoms with Crippen molar-refractivity contribution < 1.29 is 53.4 Å². The second-order valence-corrected chi connectivity index (χ2v) is 18.7. The Morgan fingerprint density at radius 1 is 0.549 bits per heavy atom. The lowest BCUT2D eigenvalue weighted by Crippen LogP contribution is -2.59. The Bertz CT molecular complexity index is 2040. The molecule has 2 aromatic rings. The number of carbonyl (C=O) groups is 9. The van der Waals surface area contributed by atoms with Gasteiger partial charge in [0.2, 0.25) is 47.3 Å². The number of carbonyl (C=O) groups excluding carboxylic acids is 8. The smallest absolute Gasteiger partial charge is 0.326 e. The Labute approximate surface area is 416 Å². The van der Waals surface area contributed by atoms with Gasteiger partial charge < -0.3 is 64.2 Å². The van der Waals surface area contributed by atoms with Gasteiger partial charge in [-0.15, -0.1) is 0 Å². The monoisotopic (exact) mass is 995 g/mol. The molecule has 0 fully saturated rings. The molecule has 2 rings (SSSR count). The normalized spacial score (nSPS) is 15.0. The third-order valence-electron chi connectivity index (χ3n) is 11.6. The molecular formula is C50H78N10O11. The van der Waals surface area contributed by atoms with Gasteiger partial charge in [-0.3, -0.25) is 38.4 Å². The van der Waals surface area contributed by atoms with Crippen molar-refractivity contribution in [3.8, 4) is 0 Å². The van der Waals surface area contributed by atoms with E-state index in [1.54, 1.807) is 81.4 Å². The number of carboxylic acid groups (broad SMARTS) is 1. The molecule has 0 aliphatic rings. The van der Waals surface area contributed by atoms with Crippen LogP contribution in [0.15, 0.2) is 60.7 Å². The van der Waals surface area contributed by atoms with E-state index in [9.17, 15) is 53.4 Å². The molecule has 0 bridgehead atoms. The number of nitrogens with two attached hydrogens (primary N) is 2. The summed E-state index contributed by atoms with van der Waals surface area (Å²) in [6, 6.07) is 7.83. The van der Waals surface area contributed by atoms with Gasteiger partial charge in [-0.05, 0) is 68.0 Å². The van der Waals surface area contributed by atoms with Crippen LogP contribution in [0.3, 0.4) is 0 Å². The highest BCUT2D eigenvalue weighted by Gasteiger charge is 2.34. The number of nitrogens with one attached hydrogen (secondary N) is 8. The summed E-state index contributed by atoms with van der Waals surface area (Å²) in [5.74, 6) is -7.89. The van der Waals surface area contributed by atoms with Gasteiger partial charge in [0.15, 0.2) is 0 Å². The summed E-state index contributed by atoms with van der Waals surface area (Å²) >= 11 is 0. The molecule has 0 aromatic heterocycles. The minimum absolute atomic E-state index is 0.00827. The summed E-state index contributed by atoms with van der Waals surface area (Å²) in [6.07, 6.45) is 2.41. The molecule has 2 aromatic carbocycles. The minimum Gasteiger partial charge on any atom is -0.480 e. The van der Waals surface area contributed by atoms with E-state index in [2.05, 4.69) is 42.5 Å². The summed E-state index contributed by atoms with van der Waals surface area (Å²) < 4.78 is 0. The fourth-order valence-corrected chi connectivity index (χ4v) is 7.33. The summed E-state index contributed by atoms with van der Waals surface area (Å²) in [7, 11) is 0. The van der Waals surface area contributed by atoms with Crippen molar-refractivity contribution >= 4 is 53.2 Å². The molecule has 0 heterocycles. The van der Waals surface area contributed by atoms with Gasteiger partial charge in [-0.1, -0.05) is 115 Å². The summed E-state index contributed by atoms with van der Waals surface area (Å²) in [6.45, 7) is 11.0. The molecule has 0 spiro atoms. The van der Waals surface area contributed by atoms with Crippen LogP contribution in [-0.4, -0.2) is 131 Å². The van der Waals surface area contributed by atoms with E-state index < -0.39 is 115 Å². The van der Waals surface area contributed by atoms with Crippen LogP contribution < -0.4 is 54.0 Å². The average molecular weight is 995 g/mol. The van der Waals surface area contributed by atoms with E-state index in [1.165, 1.54) is 6.92 Å². The van der Waals surface area contributed by atoms with Crippen molar-refractivity contribution in [3.63, 3.8) is 0 Å². The van der Waals surface area contributed by atoms with Gasteiger partial charge in [-0.2, -0.15) is 0 Å². The van der Waals surface area contributed by atoms with Crippen LogP contribution in [0, 0.1) is 17.8 Å². The molecule has 21 heteroatoms. The first-order chi connectivity index (χ1) is 33.6. The van der Waals surface area contributed by atoms with E-state index in [0.29, 0.717) is 43.4 Å². The zero-order valence-corrected chi connectivity index (χ0v) is 42.1. The highest BCUT2D eigenvalue weighted by Crippen LogP contribution is 2.13. The van der Waals surface area contributed by atoms with Crippen LogP contribution >= 0.6 is 0 Å². The Balaban J connectivity index is 2.16. The van der Waals surface area contributed by atoms with Gasteiger partial charge >= 0.3 is 5.97 Å². The predicted octanol–water partition coefficient (Wildman–Crippen LogP) is -0.327. The third kappa shape index (κ3) is 22.5. The van der Waals surface area contributed by atoms with Crippen LogP contribution in [0.1, 0.15) is 98.1 Å². The number of aliphatic hydroxyl groups is 1. The van der Waals surface area contributed by atoms with Crippen LogP contribution in [0.5, 0.6) is 0 Å². The highest BCUT2D eigenvalue weighted by atomic mass is 16.4. The number of rotatable bonds is 32. The molecule has 21 nitrogen and oxygen atoms in total. The van der Waals surface area contributed by atoms with E-state index >= 15 is 0 Å². The quantitative estimate of drug-likeness (QED) is 0.0419. The molecule has 0 saturated carbocycles. The SMILES string of the molecule is CC[C@H](C)[C@H](NC(=O)[C@@H](N)CCCCN)C(=O)N[C@@H](Cc1ccccc1)C(=O)NCC(=O)N[C@@H](CO)C(=O)N[C@@H](CC(C)C)C(=O)N[C@H](C)C(=O)N[C@@H](Cc1ccccc1)C(=O)N[C@@H](CC(C)C)C(=O)O. The van der Waals surface area contributed by atoms with Crippen LogP contribution in [0.25, 0.3) is 0 Å². The lowest BCUT2D eigenvalue weighted by molar-refractivity contribution is -0.142. The van der Waals surface area contributed by atoms with Gasteiger partial charge in [0.05, 0.1) is 19.2 Å². The molecule has 14 N–H and O–H groups in total. The second kappa shape index (κ2) is 31.7. The van der Waals surface area contributed by atoms with Crippen LogP contribution in [-0.2, 0) is 56.0 Å². The number of aliphatic carboxylic acids is 1. The molecule has 0 aliphatic carbocycles. The largest absolute Gasteiger partial charge is 0.480 e. The summed E-state index contributed by atoms with van der Waals surface area (Å²) in [5, 5.41) is 40.4. The fourth-order valence-electron chi connectivity index (χ4n) is 7.33. The van der Waals surface area contributed by atoms with E-state index in [4.69, 9.17) is 11.5 Å². The zero-order chi connectivity index (χ0) is 53.2. The number of benzene rings is 2. The lowest BCUT2D eigenvalue weighted by Gasteiger charge is -2.27. The van der Waals surface area contributed by atoms with Crippen molar-refractivity contribution in [2.24, 2.45) is 29.2 Å². The van der Waals surface area contributed by atoms with Crippen molar-refractivity contribution in [1.82, 2.24) is 42.5 Å². The highest BCUT2D eigenvalue weighted by molar-refractivity contribution is 5.97. The number of aliphatic hydroxyl groups excluding tert-OH is 1. The first-order valence-electron chi connectivity index (χ1n) is 24.4. The number of amides is 8. The number of unbranched alkanes of at least 4 members (excludes halogenated alkanes) is 1. The molecule has 0 saturated heterocycles. The van der Waals surface area contributed by atoms with Crippen molar-refractivity contribution in [1.29, 1.82) is 0 Å². The summed E-state index contributed by atoms with van der Waals surface area (Å²) in [4.78, 5) is 120. The minimum atomic E-state index is -1.59. The molecule has 0 radical (unpaired) electrons. The van der Waals surface area contributed by atoms with Crippen LogP contribution in [0.2, 0.25) is 0 Å². The zero-order valence-electron chi connectivity index (χ0n) is 42.1. The van der Waals surface area contributed by atoms with E-state index in [1.807, 2.05) is 20.8 Å². The van der Waals surface area contributed by atoms with Crippen molar-refractivity contribution in [2.45, 2.75) is 148 Å². The van der Waals surface area contributed by atoms with Crippen molar-refractivity contribution in [3.05, 3.63) is 71.8 Å². The Morgan fingerprint density at radius 3 is 1.54 bits per heavy atom. The number of carboxylic acids is 1. The van der Waals surface area contributed by atoms with Gasteiger partial charge in [0.1, 0.15) is 42.3 Å². The van der Waals surface area contributed by atoms with Gasteiger partial charge in [-0.25, -0.2) is 4.79 Å². The molecule has 71 heavy (non-hydrogen) atoms. The topological polar surface area (TPSA) is 342 Å². The number of hydrogen-bond donors (Lipinski definition) is 12. The predicted molar refractivity (Wildman–Crippen MR) is 266 cm³/mol. The average Bonchev–Trinajstić information content (AvgIpc) is 3.32. The van der Waals surface area contributed by atoms with Crippen molar-refractivity contribution in [2.75, 3.05) is 19.7 Å². The first-order valence-corrected chi connectivity index (χ1v) is 24.4. The third-order valence-corrected chi connectivity index (χ3v) is 11.6. The first kappa shape index (κ1) is 60.7. The Hall–Kier alpha value is -6.45. The molecule has 394 valence electrons. The maximum absolute atomic E-state index is 13.8. The Morgan fingerprint density at radius 2 is 1.03 bits per heavy atom. The maximum Gasteiger partial charge on any atom is 0.326 e. The maximum atomic E-state index is 13.8. The standard InChI is InChI=1S/C50H78N10O11/c1-8-31(6)42(60-44(64)35(52)21-15-16-22-51)49(69)58-37(25-33-17-11-9-12-18-33)45(65)53-27-41(62)55-40(28-61)48(68)57-36(23-29(2)3)46(66)54-32(7)43(63)56-38(26-34-19-13-10-14-20-34)47(67)59-39(50(70)71)24-30(4)5/h9-14,17-20,29-32,35-40,42,61H,8,15-16,21-28,51-52H2,1-7H3,(H,53,65)(H,54,66)(H,55,62)(H,56,63)(H,57,68)(H,58,69)(H,59,67)(H,60,64)(H,70,71)/t31-,32+,35-,36-,37-,38-,39-,40-,42-/m0/s1. The van der Waals surface area contributed by atoms with E-state index in [0.717, 1.165) is 0 Å². The second-order valence-electron chi connectivity index (χ2n) is 18.7. The molecule has 8 amide bonds. The molecule has 9 atom stereocenters. The fraction of sp³-hybridized carbons (Fsp3) is 0.580. The van der Waals surface area contributed by atoms with Gasteiger partial charge in [0.25, 0.3) is 0 Å². The molecular weight excluding hydrogens is 917 g/mol. The van der Waals surface area contributed by atoms with Crippen LogP contribution in [0.4, 0.5) is 0 Å². The summed E-state index contributed by atoms with van der Waals surface area (Å²) in [5.41, 5.74) is 13.0. The molecule has 0 aliphatic heterocycles.